The number of nitro benzene ring substituents is 2. The Balaban J connectivity index is 2.87. The summed E-state index contributed by atoms with van der Waals surface area (Å²) in [6, 6.07) is 9.20. The number of hydrogen-bond donors (Lipinski definition) is 0. The van der Waals surface area contributed by atoms with E-state index in [1.807, 2.05) is 55.4 Å². The van der Waals surface area contributed by atoms with Crippen LogP contribution in [0.3, 0.4) is 0 Å². The number of rotatable bonds is 12. The van der Waals surface area contributed by atoms with E-state index in [0.29, 0.717) is 0 Å². The van der Waals surface area contributed by atoms with Gasteiger partial charge in [0.2, 0.25) is 0 Å². The summed E-state index contributed by atoms with van der Waals surface area (Å²) < 4.78 is 39.7. The molecular formula is C24H36N4O7P2. The van der Waals surface area contributed by atoms with Crippen LogP contribution in [0.15, 0.2) is 48.5 Å². The molecule has 0 aromatic heterocycles. The molecule has 0 radical (unpaired) electrons. The lowest BCUT2D eigenvalue weighted by atomic mass is 10.3. The van der Waals surface area contributed by atoms with Gasteiger partial charge < -0.3 is 0 Å². The molecule has 0 amide bonds. The standard InChI is InChI=1S/C24H36N4O7P2/c1-17(2)25(18(3)4)36(33,23-13-9-21(10-14-23)27(29)30)35-37(34,26(19(5)6)20(7)8)24-15-11-22(12-16-24)28(31)32/h9-20H,1-8H3/t36-,37-/m0/s1. The van der Waals surface area contributed by atoms with E-state index < -0.39 is 24.9 Å². The Kier molecular flexibility index (Phi) is 9.96. The molecule has 204 valence electrons. The minimum Gasteiger partial charge on any atom is -0.269 e. The molecule has 0 aliphatic carbocycles. The fourth-order valence-corrected chi connectivity index (χ4v) is 11.2. The van der Waals surface area contributed by atoms with Crippen LogP contribution in [-0.4, -0.2) is 43.4 Å². The first-order valence-electron chi connectivity index (χ1n) is 12.0. The number of nitro groups is 2. The first-order valence-corrected chi connectivity index (χ1v) is 15.2. The predicted octanol–water partition coefficient (Wildman–Crippen LogP) is 6.09. The van der Waals surface area contributed by atoms with E-state index in [1.54, 1.807) is 9.34 Å². The van der Waals surface area contributed by atoms with Gasteiger partial charge in [-0.15, -0.1) is 0 Å². The van der Waals surface area contributed by atoms with Crippen molar-refractivity contribution >= 4 is 37.0 Å². The molecule has 11 nitrogen and oxygen atoms in total. The molecule has 0 heterocycles. The van der Waals surface area contributed by atoms with Crippen molar-refractivity contribution in [2.45, 2.75) is 79.6 Å². The molecule has 0 spiro atoms. The molecule has 13 heteroatoms. The van der Waals surface area contributed by atoms with Crippen molar-refractivity contribution in [3.63, 3.8) is 0 Å². The molecule has 0 aliphatic heterocycles. The van der Waals surface area contributed by atoms with E-state index in [1.165, 1.54) is 48.5 Å². The molecule has 2 aromatic carbocycles. The van der Waals surface area contributed by atoms with Crippen molar-refractivity contribution in [3.05, 3.63) is 68.8 Å². The van der Waals surface area contributed by atoms with Gasteiger partial charge in [0, 0.05) is 48.4 Å². The Morgan fingerprint density at radius 1 is 0.595 bits per heavy atom. The van der Waals surface area contributed by atoms with Gasteiger partial charge >= 0.3 is 15.0 Å². The van der Waals surface area contributed by atoms with Crippen LogP contribution in [0.1, 0.15) is 55.4 Å². The Hall–Kier alpha value is -2.42. The maximum atomic E-state index is 15.0. The average Bonchev–Trinajstić information content (AvgIpc) is 2.77. The first kappa shape index (κ1) is 30.8. The van der Waals surface area contributed by atoms with Crippen LogP contribution in [0, 0.1) is 20.2 Å². The third-order valence-corrected chi connectivity index (χ3v) is 12.5. The van der Waals surface area contributed by atoms with Gasteiger partial charge in [0.1, 0.15) is 0 Å². The van der Waals surface area contributed by atoms with Crippen LogP contribution in [0.4, 0.5) is 11.4 Å². The topological polar surface area (TPSA) is 136 Å². The molecule has 0 N–H and O–H groups in total. The maximum Gasteiger partial charge on any atom is 0.309 e. The molecule has 0 aliphatic rings. The van der Waals surface area contributed by atoms with E-state index in [4.69, 9.17) is 4.31 Å². The quantitative estimate of drug-likeness (QED) is 0.173. The summed E-state index contributed by atoms with van der Waals surface area (Å²) in [6.07, 6.45) is 0. The Bertz CT molecular complexity index is 1090. The van der Waals surface area contributed by atoms with E-state index in [9.17, 15) is 20.2 Å². The second-order valence-corrected chi connectivity index (χ2v) is 14.5. The van der Waals surface area contributed by atoms with Crippen LogP contribution < -0.4 is 10.6 Å². The number of benzene rings is 2. The van der Waals surface area contributed by atoms with E-state index in [2.05, 4.69) is 0 Å². The third kappa shape index (κ3) is 6.54. The van der Waals surface area contributed by atoms with Crippen molar-refractivity contribution in [2.24, 2.45) is 0 Å². The summed E-state index contributed by atoms with van der Waals surface area (Å²) in [5.74, 6) is 0. The number of nitrogens with zero attached hydrogens (tertiary/aromatic N) is 4. The minimum atomic E-state index is -4.12. The average molecular weight is 555 g/mol. The molecule has 0 saturated heterocycles. The van der Waals surface area contributed by atoms with Gasteiger partial charge in [0.15, 0.2) is 0 Å². The maximum absolute atomic E-state index is 15.0. The molecule has 0 unspecified atom stereocenters. The molecule has 2 atom stereocenters. The highest BCUT2D eigenvalue weighted by Crippen LogP contribution is 2.67. The first-order chi connectivity index (χ1) is 17.1. The summed E-state index contributed by atoms with van der Waals surface area (Å²) in [5.41, 5.74) is -0.360. The van der Waals surface area contributed by atoms with Gasteiger partial charge in [0.25, 0.3) is 11.4 Å². The van der Waals surface area contributed by atoms with Crippen LogP contribution in [0.25, 0.3) is 0 Å². The second kappa shape index (κ2) is 12.0. The zero-order valence-electron chi connectivity index (χ0n) is 22.5. The normalized spacial score (nSPS) is 15.5. The van der Waals surface area contributed by atoms with Gasteiger partial charge in [-0.2, -0.15) is 0 Å². The number of hydrogen-bond acceptors (Lipinski definition) is 7. The fourth-order valence-electron chi connectivity index (χ4n) is 4.53. The molecule has 0 bridgehead atoms. The van der Waals surface area contributed by atoms with Crippen molar-refractivity contribution in [1.29, 1.82) is 0 Å². The lowest BCUT2D eigenvalue weighted by Crippen LogP contribution is -2.42. The van der Waals surface area contributed by atoms with Gasteiger partial charge in [-0.3, -0.25) is 29.4 Å². The van der Waals surface area contributed by atoms with Gasteiger partial charge in [-0.1, -0.05) is 0 Å². The summed E-state index contributed by atoms with van der Waals surface area (Å²) in [7, 11) is -8.25. The number of non-ortho nitro benzene ring substituents is 2. The third-order valence-electron chi connectivity index (χ3n) is 5.72. The zero-order chi connectivity index (χ0) is 28.3. The Morgan fingerprint density at radius 2 is 0.838 bits per heavy atom. The summed E-state index contributed by atoms with van der Waals surface area (Å²) in [5, 5.41) is 22.8. The van der Waals surface area contributed by atoms with Crippen molar-refractivity contribution in [3.8, 4) is 0 Å². The SMILES string of the molecule is CC(C)N(C(C)C)[P@@](=O)(O[P@@](=O)(c1ccc([N+](=O)[O-])cc1)N(C(C)C)C(C)C)c1ccc([N+](=O)[O-])cc1. The lowest BCUT2D eigenvalue weighted by Gasteiger charge is -2.43. The van der Waals surface area contributed by atoms with Crippen LogP contribution >= 0.6 is 15.0 Å². The fraction of sp³-hybridized carbons (Fsp3) is 0.500. The van der Waals surface area contributed by atoms with Crippen molar-refractivity contribution in [2.75, 3.05) is 0 Å². The summed E-state index contributed by atoms with van der Waals surface area (Å²) >= 11 is 0. The Morgan fingerprint density at radius 3 is 1.03 bits per heavy atom. The van der Waals surface area contributed by atoms with Crippen molar-refractivity contribution in [1.82, 2.24) is 9.34 Å². The van der Waals surface area contributed by atoms with Crippen LogP contribution in [0.5, 0.6) is 0 Å². The van der Waals surface area contributed by atoms with Crippen molar-refractivity contribution < 1.29 is 23.3 Å². The Labute approximate surface area is 218 Å². The largest absolute Gasteiger partial charge is 0.309 e. The highest BCUT2D eigenvalue weighted by atomic mass is 31.2. The second-order valence-electron chi connectivity index (χ2n) is 9.80. The summed E-state index contributed by atoms with van der Waals surface area (Å²) in [4.78, 5) is 21.4. The molecular weight excluding hydrogens is 518 g/mol. The van der Waals surface area contributed by atoms with Crippen LogP contribution in [0.2, 0.25) is 0 Å². The highest BCUT2D eigenvalue weighted by Gasteiger charge is 2.48. The minimum absolute atomic E-state index is 0.162. The monoisotopic (exact) mass is 554 g/mol. The van der Waals surface area contributed by atoms with Crippen LogP contribution in [-0.2, 0) is 13.4 Å². The molecule has 0 saturated carbocycles. The molecule has 37 heavy (non-hydrogen) atoms. The van der Waals surface area contributed by atoms with Gasteiger partial charge in [0.05, 0.1) is 20.5 Å². The summed E-state index contributed by atoms with van der Waals surface area (Å²) in [6.45, 7) is 14.7. The molecule has 2 rings (SSSR count). The van der Waals surface area contributed by atoms with Gasteiger partial charge in [-0.05, 0) is 79.7 Å². The molecule has 2 aromatic rings. The molecule has 0 fully saturated rings. The van der Waals surface area contributed by atoms with E-state index in [0.717, 1.165) is 0 Å². The van der Waals surface area contributed by atoms with E-state index >= 15 is 9.13 Å². The lowest BCUT2D eigenvalue weighted by molar-refractivity contribution is -0.385. The van der Waals surface area contributed by atoms with Gasteiger partial charge in [-0.25, -0.2) is 13.7 Å². The highest BCUT2D eigenvalue weighted by molar-refractivity contribution is 7.77. The zero-order valence-corrected chi connectivity index (χ0v) is 24.3. The smallest absolute Gasteiger partial charge is 0.269 e. The van der Waals surface area contributed by atoms with E-state index in [-0.39, 0.29) is 46.2 Å². The predicted molar refractivity (Wildman–Crippen MR) is 146 cm³/mol.